The minimum absolute atomic E-state index is 0.0982. The Morgan fingerprint density at radius 3 is 2.52 bits per heavy atom. The molecule has 1 amide bonds. The summed E-state index contributed by atoms with van der Waals surface area (Å²) in [6.45, 7) is 3.41. The fraction of sp³-hybridized carbons (Fsp3) is 0.368. The van der Waals surface area contributed by atoms with Crippen LogP contribution in [-0.4, -0.2) is 32.4 Å². The van der Waals surface area contributed by atoms with E-state index in [0.717, 1.165) is 30.5 Å². The number of carbonyl (C=O) groups excluding carboxylic acids is 1. The summed E-state index contributed by atoms with van der Waals surface area (Å²) in [5, 5.41) is 11.2. The molecule has 8 heteroatoms. The van der Waals surface area contributed by atoms with Crippen LogP contribution in [0.3, 0.4) is 0 Å². The second kappa shape index (κ2) is 10.0. The molecule has 27 heavy (non-hydrogen) atoms. The zero-order valence-electron chi connectivity index (χ0n) is 15.4. The van der Waals surface area contributed by atoms with E-state index >= 15 is 0 Å². The molecule has 0 radical (unpaired) electrons. The molecule has 0 saturated heterocycles. The third-order valence-corrected chi connectivity index (χ3v) is 4.99. The molecule has 0 bridgehead atoms. The molecule has 0 unspecified atom stereocenters. The van der Waals surface area contributed by atoms with E-state index in [2.05, 4.69) is 22.5 Å². The zero-order chi connectivity index (χ0) is 19.7. The summed E-state index contributed by atoms with van der Waals surface area (Å²) in [5.74, 6) is -0.124. The predicted octanol–water partition coefficient (Wildman–Crippen LogP) is 2.30. The summed E-state index contributed by atoms with van der Waals surface area (Å²) in [5.41, 5.74) is 2.26. The van der Waals surface area contributed by atoms with Gasteiger partial charge in [-0.2, -0.15) is 0 Å². The number of nitrogens with one attached hydrogen (secondary N) is 2. The summed E-state index contributed by atoms with van der Waals surface area (Å²) < 4.78 is 22.5. The summed E-state index contributed by atoms with van der Waals surface area (Å²) in [6.07, 6.45) is 7.08. The van der Waals surface area contributed by atoms with Crippen molar-refractivity contribution in [1.29, 1.82) is 0 Å². The molecular formula is C19H26N4O3S. The molecule has 2 rings (SSSR count). The highest BCUT2D eigenvalue weighted by atomic mass is 32.2. The van der Waals surface area contributed by atoms with E-state index in [-0.39, 0.29) is 10.8 Å². The predicted molar refractivity (Wildman–Crippen MR) is 106 cm³/mol. The lowest BCUT2D eigenvalue weighted by atomic mass is 10.1. The van der Waals surface area contributed by atoms with Crippen molar-refractivity contribution in [2.24, 2.45) is 5.14 Å². The second-order valence-electron chi connectivity index (χ2n) is 6.29. The Bertz CT molecular complexity index is 852. The number of nitrogens with two attached hydrogens (primary N) is 1. The average Bonchev–Trinajstić information content (AvgIpc) is 2.65. The lowest BCUT2D eigenvalue weighted by molar-refractivity contribution is 0.0952. The number of benzene rings is 1. The third kappa shape index (κ3) is 6.99. The number of sulfonamides is 1. The Kier molecular flexibility index (Phi) is 7.75. The van der Waals surface area contributed by atoms with Crippen LogP contribution in [0, 0.1) is 0 Å². The Morgan fingerprint density at radius 2 is 1.85 bits per heavy atom. The molecule has 4 N–H and O–H groups in total. The largest absolute Gasteiger partial charge is 0.383 e. The van der Waals surface area contributed by atoms with E-state index in [1.165, 1.54) is 12.1 Å². The van der Waals surface area contributed by atoms with Crippen LogP contribution < -0.4 is 15.8 Å². The molecule has 1 aromatic carbocycles. The number of nitrogens with zero attached hydrogens (tertiary/aromatic N) is 1. The average molecular weight is 391 g/mol. The van der Waals surface area contributed by atoms with Gasteiger partial charge >= 0.3 is 0 Å². The van der Waals surface area contributed by atoms with E-state index in [9.17, 15) is 13.2 Å². The first-order chi connectivity index (χ1) is 12.9. The topological polar surface area (TPSA) is 114 Å². The molecule has 0 fully saturated rings. The molecule has 0 atom stereocenters. The first-order valence-corrected chi connectivity index (χ1v) is 10.5. The second-order valence-corrected chi connectivity index (χ2v) is 7.85. The first-order valence-electron chi connectivity index (χ1n) is 8.99. The van der Waals surface area contributed by atoms with Gasteiger partial charge in [0.05, 0.1) is 16.1 Å². The summed E-state index contributed by atoms with van der Waals surface area (Å²) in [6, 6.07) is 8.23. The maximum absolute atomic E-state index is 12.1. The number of hydrogen-bond acceptors (Lipinski definition) is 5. The van der Waals surface area contributed by atoms with E-state index in [4.69, 9.17) is 5.14 Å². The van der Waals surface area contributed by atoms with E-state index in [0.29, 0.717) is 25.1 Å². The van der Waals surface area contributed by atoms with Gasteiger partial charge in [-0.1, -0.05) is 31.9 Å². The number of pyridine rings is 1. The Hall–Kier alpha value is -2.45. The summed E-state index contributed by atoms with van der Waals surface area (Å²) >= 11 is 0. The number of unbranched alkanes of at least 4 members (excludes halogenated alkanes) is 2. The molecule has 1 heterocycles. The van der Waals surface area contributed by atoms with Crippen molar-refractivity contribution in [2.45, 2.75) is 37.5 Å². The van der Waals surface area contributed by atoms with Gasteiger partial charge in [-0.25, -0.2) is 13.6 Å². The van der Waals surface area contributed by atoms with Gasteiger partial charge in [0.15, 0.2) is 0 Å². The maximum Gasteiger partial charge on any atom is 0.252 e. The van der Waals surface area contributed by atoms with Crippen LogP contribution in [0.1, 0.15) is 42.1 Å². The fourth-order valence-corrected chi connectivity index (χ4v) is 3.05. The number of anilines is 1. The number of rotatable bonds is 10. The van der Waals surface area contributed by atoms with Crippen molar-refractivity contribution >= 4 is 21.6 Å². The van der Waals surface area contributed by atoms with Crippen LogP contribution in [0.25, 0.3) is 0 Å². The molecule has 7 nitrogen and oxygen atoms in total. The highest BCUT2D eigenvalue weighted by Gasteiger charge is 2.08. The van der Waals surface area contributed by atoms with Crippen molar-refractivity contribution in [2.75, 3.05) is 18.4 Å². The van der Waals surface area contributed by atoms with E-state index < -0.39 is 10.0 Å². The standard InChI is InChI=1S/C19H26N4O3S/c1-2-3-4-10-23-19(24)16-12-17(14-21-13-16)22-11-9-15-5-7-18(8-6-15)27(20,25)26/h5-8,12-14,22H,2-4,9-11H2,1H3,(H,23,24)(H2,20,25,26). The molecule has 0 saturated carbocycles. The third-order valence-electron chi connectivity index (χ3n) is 4.06. The van der Waals surface area contributed by atoms with Gasteiger partial charge in [0.25, 0.3) is 5.91 Å². The van der Waals surface area contributed by atoms with Gasteiger partial charge < -0.3 is 10.6 Å². The van der Waals surface area contributed by atoms with Gasteiger partial charge in [0, 0.05) is 25.5 Å². The molecule has 0 aliphatic heterocycles. The number of aromatic nitrogens is 1. The van der Waals surface area contributed by atoms with Crippen molar-refractivity contribution in [3.63, 3.8) is 0 Å². The highest BCUT2D eigenvalue weighted by Crippen LogP contribution is 2.11. The van der Waals surface area contributed by atoms with Crippen LogP contribution in [0.15, 0.2) is 47.6 Å². The van der Waals surface area contributed by atoms with Gasteiger partial charge in [-0.15, -0.1) is 0 Å². The molecule has 0 aliphatic rings. The monoisotopic (exact) mass is 390 g/mol. The van der Waals surface area contributed by atoms with Crippen LogP contribution in [0.4, 0.5) is 5.69 Å². The zero-order valence-corrected chi connectivity index (χ0v) is 16.3. The Morgan fingerprint density at radius 1 is 1.11 bits per heavy atom. The van der Waals surface area contributed by atoms with Gasteiger partial charge in [0.1, 0.15) is 0 Å². The van der Waals surface area contributed by atoms with Crippen molar-refractivity contribution in [3.05, 3.63) is 53.9 Å². The first kappa shape index (κ1) is 20.9. The van der Waals surface area contributed by atoms with Crippen LogP contribution in [0.2, 0.25) is 0 Å². The minimum Gasteiger partial charge on any atom is -0.383 e. The Labute approximate surface area is 160 Å². The normalized spacial score (nSPS) is 11.2. The fourth-order valence-electron chi connectivity index (χ4n) is 2.54. The minimum atomic E-state index is -3.67. The molecule has 2 aromatic rings. The number of primary sulfonamides is 1. The van der Waals surface area contributed by atoms with E-state index in [1.54, 1.807) is 30.6 Å². The number of carbonyl (C=O) groups is 1. The van der Waals surface area contributed by atoms with Crippen LogP contribution >= 0.6 is 0 Å². The number of amides is 1. The van der Waals surface area contributed by atoms with Crippen LogP contribution in [-0.2, 0) is 16.4 Å². The van der Waals surface area contributed by atoms with Crippen molar-refractivity contribution in [3.8, 4) is 0 Å². The van der Waals surface area contributed by atoms with Crippen molar-refractivity contribution in [1.82, 2.24) is 10.3 Å². The lowest BCUT2D eigenvalue weighted by Crippen LogP contribution is -2.24. The molecule has 0 aliphatic carbocycles. The molecule has 1 aromatic heterocycles. The SMILES string of the molecule is CCCCCNC(=O)c1cncc(NCCc2ccc(S(N)(=O)=O)cc2)c1. The highest BCUT2D eigenvalue weighted by molar-refractivity contribution is 7.89. The van der Waals surface area contributed by atoms with Gasteiger partial charge in [0.2, 0.25) is 10.0 Å². The molecule has 146 valence electrons. The summed E-state index contributed by atoms with van der Waals surface area (Å²) in [7, 11) is -3.67. The van der Waals surface area contributed by atoms with Gasteiger partial charge in [-0.05, 0) is 36.6 Å². The van der Waals surface area contributed by atoms with Gasteiger partial charge in [-0.3, -0.25) is 9.78 Å². The van der Waals surface area contributed by atoms with E-state index in [1.807, 2.05) is 0 Å². The quantitative estimate of drug-likeness (QED) is 0.539. The summed E-state index contributed by atoms with van der Waals surface area (Å²) in [4.78, 5) is 16.3. The van der Waals surface area contributed by atoms with Crippen molar-refractivity contribution < 1.29 is 13.2 Å². The van der Waals surface area contributed by atoms with Crippen LogP contribution in [0.5, 0.6) is 0 Å². The smallest absolute Gasteiger partial charge is 0.252 e. The molecular weight excluding hydrogens is 364 g/mol. The number of hydrogen-bond donors (Lipinski definition) is 3. The molecule has 0 spiro atoms. The lowest BCUT2D eigenvalue weighted by Gasteiger charge is -2.09. The maximum atomic E-state index is 12.1. The Balaban J connectivity index is 1.85.